The quantitative estimate of drug-likeness (QED) is 0.804. The maximum atomic E-state index is 12.4. The number of rotatable bonds is 6. The van der Waals surface area contributed by atoms with Crippen LogP contribution < -0.4 is 11.1 Å². The van der Waals surface area contributed by atoms with Crippen LogP contribution in [0.3, 0.4) is 0 Å². The summed E-state index contributed by atoms with van der Waals surface area (Å²) in [6.45, 7) is 7.26. The first kappa shape index (κ1) is 17.0. The first-order valence-electron chi connectivity index (χ1n) is 7.89. The van der Waals surface area contributed by atoms with Crippen molar-refractivity contribution in [2.24, 2.45) is 0 Å². The van der Waals surface area contributed by atoms with Gasteiger partial charge in [0.1, 0.15) is 0 Å². The second-order valence-electron chi connectivity index (χ2n) is 6.11. The van der Waals surface area contributed by atoms with E-state index in [4.69, 9.17) is 5.73 Å². The normalized spacial score (nSPS) is 11.0. The van der Waals surface area contributed by atoms with Gasteiger partial charge in [-0.2, -0.15) is 0 Å². The molecule has 0 aliphatic heterocycles. The number of amides is 1. The molecule has 0 aliphatic carbocycles. The molecule has 0 saturated heterocycles. The van der Waals surface area contributed by atoms with E-state index in [1.165, 1.54) is 5.56 Å². The van der Waals surface area contributed by atoms with Crippen LogP contribution in [0.5, 0.6) is 0 Å². The molecule has 122 valence electrons. The van der Waals surface area contributed by atoms with Crippen LogP contribution in [-0.2, 0) is 11.3 Å². The zero-order valence-electron chi connectivity index (χ0n) is 14.0. The molecule has 2 aromatic carbocycles. The van der Waals surface area contributed by atoms with Gasteiger partial charge in [0.15, 0.2) is 0 Å². The highest BCUT2D eigenvalue weighted by Crippen LogP contribution is 2.18. The summed E-state index contributed by atoms with van der Waals surface area (Å²) in [6, 6.07) is 16.0. The number of carbonyl (C=O) groups excluding carboxylic acids is 1. The van der Waals surface area contributed by atoms with Crippen molar-refractivity contribution in [1.82, 2.24) is 4.90 Å². The van der Waals surface area contributed by atoms with Crippen molar-refractivity contribution in [2.75, 3.05) is 17.6 Å². The van der Waals surface area contributed by atoms with Crippen molar-refractivity contribution >= 4 is 17.3 Å². The van der Waals surface area contributed by atoms with Crippen LogP contribution in [0.4, 0.5) is 11.4 Å². The maximum absolute atomic E-state index is 12.4. The van der Waals surface area contributed by atoms with Crippen molar-refractivity contribution < 1.29 is 4.79 Å². The molecular weight excluding hydrogens is 286 g/mol. The number of hydrogen-bond donors (Lipinski definition) is 2. The van der Waals surface area contributed by atoms with E-state index >= 15 is 0 Å². The van der Waals surface area contributed by atoms with E-state index in [1.807, 2.05) is 37.3 Å². The molecule has 0 atom stereocenters. The Balaban J connectivity index is 2.00. The van der Waals surface area contributed by atoms with Crippen LogP contribution in [0, 0.1) is 6.92 Å². The zero-order chi connectivity index (χ0) is 16.8. The van der Waals surface area contributed by atoms with Gasteiger partial charge < -0.3 is 11.1 Å². The van der Waals surface area contributed by atoms with Gasteiger partial charge in [-0.15, -0.1) is 0 Å². The van der Waals surface area contributed by atoms with E-state index in [-0.39, 0.29) is 11.9 Å². The van der Waals surface area contributed by atoms with Gasteiger partial charge in [0.05, 0.1) is 6.54 Å². The SMILES string of the molecule is Cc1cc(N)ccc1NC(=O)CN(Cc1ccccc1)C(C)C. The number of nitrogens with zero attached hydrogens (tertiary/aromatic N) is 1. The van der Waals surface area contributed by atoms with Crippen LogP contribution in [0.2, 0.25) is 0 Å². The van der Waals surface area contributed by atoms with E-state index in [9.17, 15) is 4.79 Å². The molecule has 0 aliphatic rings. The fourth-order valence-electron chi connectivity index (χ4n) is 2.44. The molecule has 0 unspecified atom stereocenters. The third kappa shape index (κ3) is 5.11. The number of aryl methyl sites for hydroxylation is 1. The number of nitrogens with two attached hydrogens (primary N) is 1. The average molecular weight is 311 g/mol. The minimum Gasteiger partial charge on any atom is -0.399 e. The van der Waals surface area contributed by atoms with E-state index < -0.39 is 0 Å². The van der Waals surface area contributed by atoms with Crippen molar-refractivity contribution in [3.05, 3.63) is 59.7 Å². The molecule has 2 aromatic rings. The van der Waals surface area contributed by atoms with Gasteiger partial charge in [0.2, 0.25) is 5.91 Å². The summed E-state index contributed by atoms with van der Waals surface area (Å²) in [5.74, 6) is -0.0116. The third-order valence-corrected chi connectivity index (χ3v) is 3.83. The van der Waals surface area contributed by atoms with E-state index in [0.29, 0.717) is 12.2 Å². The lowest BCUT2D eigenvalue weighted by atomic mass is 10.1. The highest BCUT2D eigenvalue weighted by atomic mass is 16.2. The van der Waals surface area contributed by atoms with Crippen LogP contribution in [-0.4, -0.2) is 23.4 Å². The molecule has 23 heavy (non-hydrogen) atoms. The Kier molecular flexibility index (Phi) is 5.77. The second-order valence-corrected chi connectivity index (χ2v) is 6.11. The summed E-state index contributed by atoms with van der Waals surface area (Å²) in [6.07, 6.45) is 0. The van der Waals surface area contributed by atoms with Gasteiger partial charge in [0.25, 0.3) is 0 Å². The lowest BCUT2D eigenvalue weighted by Gasteiger charge is -2.26. The predicted octanol–water partition coefficient (Wildman–Crippen LogP) is 3.43. The summed E-state index contributed by atoms with van der Waals surface area (Å²) in [5.41, 5.74) is 9.43. The minimum atomic E-state index is -0.0116. The predicted molar refractivity (Wildman–Crippen MR) is 96.2 cm³/mol. The Bertz CT molecular complexity index is 653. The van der Waals surface area contributed by atoms with Crippen molar-refractivity contribution in [2.45, 2.75) is 33.4 Å². The summed E-state index contributed by atoms with van der Waals surface area (Å²) in [4.78, 5) is 14.5. The molecule has 0 bridgehead atoms. The number of nitrogens with one attached hydrogen (secondary N) is 1. The first-order chi connectivity index (χ1) is 11.0. The first-order valence-corrected chi connectivity index (χ1v) is 7.89. The monoisotopic (exact) mass is 311 g/mol. The largest absolute Gasteiger partial charge is 0.399 e. The van der Waals surface area contributed by atoms with E-state index in [2.05, 4.69) is 36.2 Å². The Morgan fingerprint density at radius 1 is 1.17 bits per heavy atom. The summed E-state index contributed by atoms with van der Waals surface area (Å²) >= 11 is 0. The number of anilines is 2. The maximum Gasteiger partial charge on any atom is 0.238 e. The fourth-order valence-corrected chi connectivity index (χ4v) is 2.44. The summed E-state index contributed by atoms with van der Waals surface area (Å²) in [5, 5.41) is 2.97. The van der Waals surface area contributed by atoms with Gasteiger partial charge in [-0.3, -0.25) is 9.69 Å². The minimum absolute atomic E-state index is 0.0116. The van der Waals surface area contributed by atoms with Gasteiger partial charge in [-0.05, 0) is 50.1 Å². The molecule has 4 nitrogen and oxygen atoms in total. The fraction of sp³-hybridized carbons (Fsp3) is 0.316. The number of nitrogen functional groups attached to an aromatic ring is 1. The number of benzene rings is 2. The second kappa shape index (κ2) is 7.79. The number of carbonyl (C=O) groups is 1. The highest BCUT2D eigenvalue weighted by Gasteiger charge is 2.15. The van der Waals surface area contributed by atoms with Gasteiger partial charge in [-0.25, -0.2) is 0 Å². The molecule has 0 fully saturated rings. The molecule has 2 rings (SSSR count). The Morgan fingerprint density at radius 2 is 1.87 bits per heavy atom. The molecule has 0 radical (unpaired) electrons. The molecule has 4 heteroatoms. The molecule has 0 heterocycles. The summed E-state index contributed by atoms with van der Waals surface area (Å²) < 4.78 is 0. The third-order valence-electron chi connectivity index (χ3n) is 3.83. The van der Waals surface area contributed by atoms with Crippen molar-refractivity contribution in [1.29, 1.82) is 0 Å². The smallest absolute Gasteiger partial charge is 0.238 e. The zero-order valence-corrected chi connectivity index (χ0v) is 14.0. The number of hydrogen-bond acceptors (Lipinski definition) is 3. The molecular formula is C19H25N3O. The van der Waals surface area contributed by atoms with E-state index in [0.717, 1.165) is 17.8 Å². The Morgan fingerprint density at radius 3 is 2.48 bits per heavy atom. The summed E-state index contributed by atoms with van der Waals surface area (Å²) in [7, 11) is 0. The van der Waals surface area contributed by atoms with Gasteiger partial charge in [-0.1, -0.05) is 30.3 Å². The Hall–Kier alpha value is -2.33. The van der Waals surface area contributed by atoms with Crippen LogP contribution in [0.25, 0.3) is 0 Å². The van der Waals surface area contributed by atoms with Crippen LogP contribution >= 0.6 is 0 Å². The van der Waals surface area contributed by atoms with Crippen LogP contribution in [0.15, 0.2) is 48.5 Å². The molecule has 0 aromatic heterocycles. The molecule has 3 N–H and O–H groups in total. The van der Waals surface area contributed by atoms with Crippen molar-refractivity contribution in [3.8, 4) is 0 Å². The van der Waals surface area contributed by atoms with E-state index in [1.54, 1.807) is 6.07 Å². The molecule has 1 amide bonds. The molecule has 0 spiro atoms. The Labute approximate surface area is 138 Å². The topological polar surface area (TPSA) is 58.4 Å². The van der Waals surface area contributed by atoms with Gasteiger partial charge in [0, 0.05) is 24.0 Å². The lowest BCUT2D eigenvalue weighted by molar-refractivity contribution is -0.117. The van der Waals surface area contributed by atoms with Crippen molar-refractivity contribution in [3.63, 3.8) is 0 Å². The molecule has 0 saturated carbocycles. The highest BCUT2D eigenvalue weighted by molar-refractivity contribution is 5.93. The van der Waals surface area contributed by atoms with Crippen LogP contribution in [0.1, 0.15) is 25.0 Å². The lowest BCUT2D eigenvalue weighted by Crippen LogP contribution is -2.37. The average Bonchev–Trinajstić information content (AvgIpc) is 2.50. The van der Waals surface area contributed by atoms with Gasteiger partial charge >= 0.3 is 0 Å². The standard InChI is InChI=1S/C19H25N3O/c1-14(2)22(12-16-7-5-4-6-8-16)13-19(23)21-18-10-9-17(20)11-15(18)3/h4-11,14H,12-13,20H2,1-3H3,(H,21,23).